The molecule has 2 heteroatoms. The van der Waals surface area contributed by atoms with Crippen LogP contribution < -0.4 is 5.32 Å². The lowest BCUT2D eigenvalue weighted by Crippen LogP contribution is -2.51. The van der Waals surface area contributed by atoms with Crippen LogP contribution in [0.2, 0.25) is 0 Å². The SMILES string of the molecule is CCC1CC(NCCC(C)C)CN(CC2CCC2)C1. The maximum absolute atomic E-state index is 3.81. The summed E-state index contributed by atoms with van der Waals surface area (Å²) in [5.41, 5.74) is 0. The second-order valence-electron chi connectivity index (χ2n) is 7.36. The lowest BCUT2D eigenvalue weighted by Gasteiger charge is -2.41. The van der Waals surface area contributed by atoms with Crippen molar-refractivity contribution in [2.24, 2.45) is 17.8 Å². The molecule has 19 heavy (non-hydrogen) atoms. The normalized spacial score (nSPS) is 29.7. The van der Waals surface area contributed by atoms with Crippen LogP contribution in [0.15, 0.2) is 0 Å². The van der Waals surface area contributed by atoms with Gasteiger partial charge >= 0.3 is 0 Å². The molecule has 0 radical (unpaired) electrons. The molecule has 2 nitrogen and oxygen atoms in total. The van der Waals surface area contributed by atoms with Crippen LogP contribution in [0.3, 0.4) is 0 Å². The molecular weight excluding hydrogens is 232 g/mol. The van der Waals surface area contributed by atoms with Gasteiger partial charge in [-0.05, 0) is 50.0 Å². The zero-order valence-electron chi connectivity index (χ0n) is 13.3. The van der Waals surface area contributed by atoms with Gasteiger partial charge in [-0.2, -0.15) is 0 Å². The monoisotopic (exact) mass is 266 g/mol. The molecule has 2 unspecified atom stereocenters. The Morgan fingerprint density at radius 3 is 2.53 bits per heavy atom. The molecule has 0 amide bonds. The Hall–Kier alpha value is -0.0800. The molecule has 0 bridgehead atoms. The summed E-state index contributed by atoms with van der Waals surface area (Å²) >= 11 is 0. The van der Waals surface area contributed by atoms with Crippen LogP contribution in [0.5, 0.6) is 0 Å². The van der Waals surface area contributed by atoms with E-state index in [1.165, 1.54) is 64.7 Å². The van der Waals surface area contributed by atoms with Crippen molar-refractivity contribution in [2.75, 3.05) is 26.2 Å². The first-order chi connectivity index (χ1) is 9.17. The van der Waals surface area contributed by atoms with E-state index in [9.17, 15) is 0 Å². The first kappa shape index (κ1) is 15.3. The second-order valence-corrected chi connectivity index (χ2v) is 7.36. The summed E-state index contributed by atoms with van der Waals surface area (Å²) in [5.74, 6) is 2.77. The van der Waals surface area contributed by atoms with Crippen molar-refractivity contribution in [2.45, 2.75) is 65.3 Å². The van der Waals surface area contributed by atoms with Crippen molar-refractivity contribution in [3.63, 3.8) is 0 Å². The van der Waals surface area contributed by atoms with Crippen LogP contribution in [-0.4, -0.2) is 37.1 Å². The molecule has 1 saturated heterocycles. The highest BCUT2D eigenvalue weighted by Crippen LogP contribution is 2.29. The van der Waals surface area contributed by atoms with Crippen molar-refractivity contribution < 1.29 is 0 Å². The van der Waals surface area contributed by atoms with E-state index >= 15 is 0 Å². The molecule has 0 aromatic rings. The van der Waals surface area contributed by atoms with Crippen molar-refractivity contribution in [3.05, 3.63) is 0 Å². The minimum Gasteiger partial charge on any atom is -0.313 e. The van der Waals surface area contributed by atoms with Gasteiger partial charge in [-0.15, -0.1) is 0 Å². The van der Waals surface area contributed by atoms with Gasteiger partial charge in [0, 0.05) is 25.7 Å². The van der Waals surface area contributed by atoms with Gasteiger partial charge in [0.2, 0.25) is 0 Å². The fraction of sp³-hybridized carbons (Fsp3) is 1.00. The minimum absolute atomic E-state index is 0.748. The Kier molecular flexibility index (Phi) is 6.15. The largest absolute Gasteiger partial charge is 0.313 e. The summed E-state index contributed by atoms with van der Waals surface area (Å²) in [5, 5.41) is 3.81. The minimum atomic E-state index is 0.748. The molecular formula is C17H34N2. The summed E-state index contributed by atoms with van der Waals surface area (Å²) < 4.78 is 0. The van der Waals surface area contributed by atoms with Gasteiger partial charge in [0.25, 0.3) is 0 Å². The number of piperidine rings is 1. The zero-order valence-corrected chi connectivity index (χ0v) is 13.3. The zero-order chi connectivity index (χ0) is 13.7. The van der Waals surface area contributed by atoms with Crippen LogP contribution in [0, 0.1) is 17.8 Å². The fourth-order valence-electron chi connectivity index (χ4n) is 3.51. The second kappa shape index (κ2) is 7.64. The molecule has 1 aliphatic heterocycles. The molecule has 1 heterocycles. The summed E-state index contributed by atoms with van der Waals surface area (Å²) in [4.78, 5) is 2.76. The van der Waals surface area contributed by atoms with Crippen LogP contribution in [-0.2, 0) is 0 Å². The summed E-state index contributed by atoms with van der Waals surface area (Å²) in [6.45, 7) is 12.2. The van der Waals surface area contributed by atoms with E-state index in [4.69, 9.17) is 0 Å². The van der Waals surface area contributed by atoms with Gasteiger partial charge in [0.1, 0.15) is 0 Å². The van der Waals surface area contributed by atoms with E-state index in [0.717, 1.165) is 23.8 Å². The summed E-state index contributed by atoms with van der Waals surface area (Å²) in [7, 11) is 0. The maximum Gasteiger partial charge on any atom is 0.0198 e. The van der Waals surface area contributed by atoms with E-state index in [2.05, 4.69) is 31.0 Å². The number of rotatable bonds is 7. The average molecular weight is 266 g/mol. The number of hydrogen-bond donors (Lipinski definition) is 1. The van der Waals surface area contributed by atoms with Crippen LogP contribution in [0.4, 0.5) is 0 Å². The standard InChI is InChI=1S/C17H34N2/c1-4-15-10-17(18-9-8-14(2)3)13-19(11-15)12-16-6-5-7-16/h14-18H,4-13H2,1-3H3. The van der Waals surface area contributed by atoms with E-state index in [1.807, 2.05) is 0 Å². The number of nitrogens with zero attached hydrogens (tertiary/aromatic N) is 1. The van der Waals surface area contributed by atoms with Gasteiger partial charge in [-0.25, -0.2) is 0 Å². The first-order valence-electron chi connectivity index (χ1n) is 8.63. The van der Waals surface area contributed by atoms with Crippen LogP contribution in [0.25, 0.3) is 0 Å². The highest BCUT2D eigenvalue weighted by Gasteiger charge is 2.28. The number of hydrogen-bond acceptors (Lipinski definition) is 2. The van der Waals surface area contributed by atoms with Gasteiger partial charge in [0.05, 0.1) is 0 Å². The van der Waals surface area contributed by atoms with Gasteiger partial charge in [-0.1, -0.05) is 33.6 Å². The topological polar surface area (TPSA) is 15.3 Å². The van der Waals surface area contributed by atoms with Crippen molar-refractivity contribution in [1.29, 1.82) is 0 Å². The van der Waals surface area contributed by atoms with Crippen molar-refractivity contribution in [3.8, 4) is 0 Å². The van der Waals surface area contributed by atoms with Gasteiger partial charge < -0.3 is 10.2 Å². The van der Waals surface area contributed by atoms with E-state index < -0.39 is 0 Å². The number of likely N-dealkylation sites (tertiary alicyclic amines) is 1. The Bertz CT molecular complexity index is 246. The Morgan fingerprint density at radius 2 is 1.95 bits per heavy atom. The van der Waals surface area contributed by atoms with E-state index in [0.29, 0.717) is 0 Å². The molecule has 2 rings (SSSR count). The van der Waals surface area contributed by atoms with Crippen LogP contribution >= 0.6 is 0 Å². The Morgan fingerprint density at radius 1 is 1.16 bits per heavy atom. The first-order valence-corrected chi connectivity index (χ1v) is 8.63. The molecule has 0 aromatic carbocycles. The molecule has 1 aliphatic carbocycles. The quantitative estimate of drug-likeness (QED) is 0.758. The van der Waals surface area contributed by atoms with E-state index in [-0.39, 0.29) is 0 Å². The Labute approximate surface area is 120 Å². The molecule has 2 aliphatic rings. The smallest absolute Gasteiger partial charge is 0.0198 e. The van der Waals surface area contributed by atoms with Gasteiger partial charge in [0.15, 0.2) is 0 Å². The highest BCUT2D eigenvalue weighted by atomic mass is 15.2. The molecule has 0 spiro atoms. The highest BCUT2D eigenvalue weighted by molar-refractivity contribution is 4.85. The molecule has 2 atom stereocenters. The lowest BCUT2D eigenvalue weighted by molar-refractivity contribution is 0.100. The Balaban J connectivity index is 1.74. The third kappa shape index (κ3) is 5.07. The van der Waals surface area contributed by atoms with Crippen molar-refractivity contribution >= 4 is 0 Å². The lowest BCUT2D eigenvalue weighted by atomic mass is 9.83. The van der Waals surface area contributed by atoms with Gasteiger partial charge in [-0.3, -0.25) is 0 Å². The maximum atomic E-state index is 3.81. The molecule has 0 aromatic heterocycles. The van der Waals surface area contributed by atoms with Crippen molar-refractivity contribution in [1.82, 2.24) is 10.2 Å². The number of nitrogens with one attached hydrogen (secondary N) is 1. The molecule has 1 saturated carbocycles. The third-order valence-electron chi connectivity index (χ3n) is 5.09. The summed E-state index contributed by atoms with van der Waals surface area (Å²) in [6, 6.07) is 0.748. The predicted octanol–water partition coefficient (Wildman–Crippen LogP) is 3.52. The molecule has 2 fully saturated rings. The van der Waals surface area contributed by atoms with Crippen LogP contribution in [0.1, 0.15) is 59.3 Å². The molecule has 1 N–H and O–H groups in total. The fourth-order valence-corrected chi connectivity index (χ4v) is 3.51. The average Bonchev–Trinajstić information content (AvgIpc) is 2.33. The van der Waals surface area contributed by atoms with E-state index in [1.54, 1.807) is 0 Å². The third-order valence-corrected chi connectivity index (χ3v) is 5.09. The molecule has 112 valence electrons. The summed E-state index contributed by atoms with van der Waals surface area (Å²) in [6.07, 6.45) is 8.51. The predicted molar refractivity (Wildman–Crippen MR) is 83.4 cm³/mol.